The van der Waals surface area contributed by atoms with Gasteiger partial charge in [-0.1, -0.05) is 32.4 Å². The van der Waals surface area contributed by atoms with Crippen LogP contribution in [0.2, 0.25) is 5.02 Å². The predicted octanol–water partition coefficient (Wildman–Crippen LogP) is 2.95. The van der Waals surface area contributed by atoms with E-state index < -0.39 is 11.5 Å². The molecule has 1 unspecified atom stereocenters. The highest BCUT2D eigenvalue weighted by Gasteiger charge is 2.38. The van der Waals surface area contributed by atoms with Gasteiger partial charge in [-0.2, -0.15) is 0 Å². The molecule has 0 saturated carbocycles. The fourth-order valence-corrected chi connectivity index (χ4v) is 2.58. The van der Waals surface area contributed by atoms with Crippen molar-refractivity contribution in [1.29, 1.82) is 0 Å². The molecule has 1 atom stereocenters. The summed E-state index contributed by atoms with van der Waals surface area (Å²) in [5, 5.41) is 0.640. The predicted molar refractivity (Wildman–Crippen MR) is 84.4 cm³/mol. The number of piperazine rings is 1. The van der Waals surface area contributed by atoms with Crippen molar-refractivity contribution in [1.82, 2.24) is 4.90 Å². The van der Waals surface area contributed by atoms with Gasteiger partial charge in [0.2, 0.25) is 11.8 Å². The standard InChI is InChI=1S/C16H21ClN2O2/c1-11-14(20)19(13-7-5-12(17)6-8-13)10-9-18(11)15(21)16(2,3)4/h5-8,11H,9-10H2,1-4H3. The van der Waals surface area contributed by atoms with Gasteiger partial charge in [-0.15, -0.1) is 0 Å². The molecule has 0 bridgehead atoms. The van der Waals surface area contributed by atoms with E-state index in [0.717, 1.165) is 5.69 Å². The Kier molecular flexibility index (Phi) is 4.28. The van der Waals surface area contributed by atoms with Gasteiger partial charge in [0, 0.05) is 29.2 Å². The Morgan fingerprint density at radius 1 is 1.19 bits per heavy atom. The van der Waals surface area contributed by atoms with Gasteiger partial charge in [0.15, 0.2) is 0 Å². The molecule has 0 aliphatic carbocycles. The number of amides is 2. The normalized spacial score (nSPS) is 19.9. The van der Waals surface area contributed by atoms with Crippen LogP contribution < -0.4 is 4.90 Å². The first-order valence-electron chi connectivity index (χ1n) is 7.10. The third-order valence-corrected chi connectivity index (χ3v) is 3.95. The van der Waals surface area contributed by atoms with Crippen molar-refractivity contribution in [3.05, 3.63) is 29.3 Å². The molecule has 2 rings (SSSR count). The molecule has 1 aliphatic rings. The molecule has 1 saturated heterocycles. The Labute approximate surface area is 130 Å². The molecule has 4 nitrogen and oxygen atoms in total. The first kappa shape index (κ1) is 15.8. The van der Waals surface area contributed by atoms with Gasteiger partial charge >= 0.3 is 0 Å². The van der Waals surface area contributed by atoms with E-state index in [1.54, 1.807) is 28.9 Å². The summed E-state index contributed by atoms with van der Waals surface area (Å²) < 4.78 is 0. The molecule has 1 aliphatic heterocycles. The zero-order valence-corrected chi connectivity index (χ0v) is 13.6. The summed E-state index contributed by atoms with van der Waals surface area (Å²) in [5.74, 6) is -0.0414. The van der Waals surface area contributed by atoms with Crippen molar-refractivity contribution in [2.45, 2.75) is 33.7 Å². The van der Waals surface area contributed by atoms with Crippen molar-refractivity contribution in [3.63, 3.8) is 0 Å². The van der Waals surface area contributed by atoms with Crippen LogP contribution in [-0.2, 0) is 9.59 Å². The number of hydrogen-bond acceptors (Lipinski definition) is 2. The number of anilines is 1. The van der Waals surface area contributed by atoms with Gasteiger partial charge in [0.05, 0.1) is 0 Å². The van der Waals surface area contributed by atoms with Gasteiger partial charge in [-0.05, 0) is 31.2 Å². The van der Waals surface area contributed by atoms with E-state index in [-0.39, 0.29) is 11.8 Å². The average molecular weight is 309 g/mol. The summed E-state index contributed by atoms with van der Waals surface area (Å²) in [6.45, 7) is 8.46. The van der Waals surface area contributed by atoms with E-state index >= 15 is 0 Å². The lowest BCUT2D eigenvalue weighted by Crippen LogP contribution is -2.59. The zero-order valence-electron chi connectivity index (χ0n) is 12.9. The second-order valence-corrected chi connectivity index (χ2v) is 6.83. The van der Waals surface area contributed by atoms with Gasteiger partial charge in [-0.3, -0.25) is 9.59 Å². The Bertz CT molecular complexity index is 548. The van der Waals surface area contributed by atoms with Crippen molar-refractivity contribution in [3.8, 4) is 0 Å². The molecule has 2 amide bonds. The van der Waals surface area contributed by atoms with Crippen molar-refractivity contribution >= 4 is 29.1 Å². The molecule has 5 heteroatoms. The Balaban J connectivity index is 2.18. The third kappa shape index (κ3) is 3.21. The summed E-state index contributed by atoms with van der Waals surface area (Å²) in [4.78, 5) is 28.3. The van der Waals surface area contributed by atoms with Crippen LogP contribution in [0, 0.1) is 5.41 Å². The summed E-state index contributed by atoms with van der Waals surface area (Å²) in [7, 11) is 0. The maximum absolute atomic E-state index is 12.6. The van der Waals surface area contributed by atoms with E-state index in [1.165, 1.54) is 0 Å². The highest BCUT2D eigenvalue weighted by atomic mass is 35.5. The van der Waals surface area contributed by atoms with Crippen LogP contribution >= 0.6 is 11.6 Å². The Morgan fingerprint density at radius 3 is 2.29 bits per heavy atom. The average Bonchev–Trinajstić information content (AvgIpc) is 2.41. The lowest BCUT2D eigenvalue weighted by Gasteiger charge is -2.41. The molecular weight excluding hydrogens is 288 g/mol. The van der Waals surface area contributed by atoms with Crippen molar-refractivity contribution in [2.75, 3.05) is 18.0 Å². The fourth-order valence-electron chi connectivity index (χ4n) is 2.46. The molecule has 0 N–H and O–H groups in total. The number of benzene rings is 1. The van der Waals surface area contributed by atoms with E-state index in [0.29, 0.717) is 18.1 Å². The number of halogens is 1. The van der Waals surface area contributed by atoms with Crippen LogP contribution in [0.3, 0.4) is 0 Å². The first-order chi connectivity index (χ1) is 9.71. The number of rotatable bonds is 1. The molecule has 0 spiro atoms. The van der Waals surface area contributed by atoms with Crippen LogP contribution in [0.5, 0.6) is 0 Å². The minimum absolute atomic E-state index is 0.0131. The number of nitrogens with zero attached hydrogens (tertiary/aromatic N) is 2. The molecular formula is C16H21ClN2O2. The van der Waals surface area contributed by atoms with Gasteiger partial charge in [0.1, 0.15) is 6.04 Å². The Hall–Kier alpha value is -1.55. The Morgan fingerprint density at radius 2 is 1.76 bits per heavy atom. The highest BCUT2D eigenvalue weighted by Crippen LogP contribution is 2.25. The van der Waals surface area contributed by atoms with Crippen LogP contribution in [0.25, 0.3) is 0 Å². The molecule has 114 valence electrons. The van der Waals surface area contributed by atoms with Crippen LogP contribution in [-0.4, -0.2) is 35.8 Å². The van der Waals surface area contributed by atoms with E-state index in [2.05, 4.69) is 0 Å². The maximum atomic E-state index is 12.6. The van der Waals surface area contributed by atoms with E-state index in [1.807, 2.05) is 32.9 Å². The molecule has 1 aromatic carbocycles. The minimum Gasteiger partial charge on any atom is -0.329 e. The number of hydrogen-bond donors (Lipinski definition) is 0. The molecule has 1 aromatic rings. The topological polar surface area (TPSA) is 40.6 Å². The second-order valence-electron chi connectivity index (χ2n) is 6.39. The molecule has 1 fully saturated rings. The van der Waals surface area contributed by atoms with Crippen LogP contribution in [0.15, 0.2) is 24.3 Å². The third-order valence-electron chi connectivity index (χ3n) is 3.70. The molecule has 0 aromatic heterocycles. The summed E-state index contributed by atoms with van der Waals surface area (Å²) in [6, 6.07) is 6.74. The smallest absolute Gasteiger partial charge is 0.249 e. The SMILES string of the molecule is CC1C(=O)N(c2ccc(Cl)cc2)CCN1C(=O)C(C)(C)C. The van der Waals surface area contributed by atoms with Gasteiger partial charge < -0.3 is 9.80 Å². The van der Waals surface area contributed by atoms with Crippen LogP contribution in [0.1, 0.15) is 27.7 Å². The quantitative estimate of drug-likeness (QED) is 0.800. The summed E-state index contributed by atoms with van der Waals surface area (Å²) in [6.07, 6.45) is 0. The van der Waals surface area contributed by atoms with Gasteiger partial charge in [0.25, 0.3) is 0 Å². The zero-order chi connectivity index (χ0) is 15.8. The van der Waals surface area contributed by atoms with Crippen molar-refractivity contribution < 1.29 is 9.59 Å². The van der Waals surface area contributed by atoms with Crippen LogP contribution in [0.4, 0.5) is 5.69 Å². The van der Waals surface area contributed by atoms with Gasteiger partial charge in [-0.25, -0.2) is 0 Å². The monoisotopic (exact) mass is 308 g/mol. The minimum atomic E-state index is -0.475. The first-order valence-corrected chi connectivity index (χ1v) is 7.47. The molecule has 21 heavy (non-hydrogen) atoms. The highest BCUT2D eigenvalue weighted by molar-refractivity contribution is 6.30. The van der Waals surface area contributed by atoms with E-state index in [9.17, 15) is 9.59 Å². The van der Waals surface area contributed by atoms with Crippen molar-refractivity contribution in [2.24, 2.45) is 5.41 Å². The largest absolute Gasteiger partial charge is 0.329 e. The lowest BCUT2D eigenvalue weighted by molar-refractivity contribution is -0.147. The summed E-state index contributed by atoms with van der Waals surface area (Å²) >= 11 is 5.87. The number of carbonyl (C=O) groups excluding carboxylic acids is 2. The summed E-state index contributed by atoms with van der Waals surface area (Å²) in [5.41, 5.74) is 0.343. The number of carbonyl (C=O) groups is 2. The maximum Gasteiger partial charge on any atom is 0.249 e. The van der Waals surface area contributed by atoms with E-state index in [4.69, 9.17) is 11.6 Å². The molecule has 0 radical (unpaired) electrons. The second kappa shape index (κ2) is 5.68. The fraction of sp³-hybridized carbons (Fsp3) is 0.500. The lowest BCUT2D eigenvalue weighted by atomic mass is 9.93. The molecule has 1 heterocycles.